The number of nitrogens with one attached hydrogen (secondary N) is 2. The maximum Gasteiger partial charge on any atom is 0.322 e. The van der Waals surface area contributed by atoms with Gasteiger partial charge in [-0.05, 0) is 78.4 Å². The number of aliphatic hydroxyl groups is 1. The smallest absolute Gasteiger partial charge is 0.322 e. The molecule has 0 radical (unpaired) electrons. The summed E-state index contributed by atoms with van der Waals surface area (Å²) in [6, 6.07) is 19.0. The Balaban J connectivity index is 1.38. The lowest BCUT2D eigenvalue weighted by Gasteiger charge is -2.32. The van der Waals surface area contributed by atoms with Gasteiger partial charge in [-0.1, -0.05) is 47.0 Å². The molecule has 212 valence electrons. The van der Waals surface area contributed by atoms with E-state index < -0.39 is 35.4 Å². The number of urea groups is 1. The number of anilines is 2. The van der Waals surface area contributed by atoms with Crippen molar-refractivity contribution in [1.82, 2.24) is 4.90 Å². The average Bonchev–Trinajstić information content (AvgIpc) is 3.72. The Hall–Kier alpha value is -3.78. The van der Waals surface area contributed by atoms with Crippen LogP contribution in [0.25, 0.3) is 0 Å². The van der Waals surface area contributed by atoms with Crippen LogP contribution in [0, 0.1) is 23.1 Å². The zero-order valence-corrected chi connectivity index (χ0v) is 23.9. The van der Waals surface area contributed by atoms with Crippen molar-refractivity contribution in [3.05, 3.63) is 93.7 Å². The van der Waals surface area contributed by atoms with Gasteiger partial charge in [0.2, 0.25) is 5.91 Å². The molecule has 1 saturated heterocycles. The maximum absolute atomic E-state index is 15.1. The van der Waals surface area contributed by atoms with Crippen LogP contribution in [0.1, 0.15) is 48.8 Å². The summed E-state index contributed by atoms with van der Waals surface area (Å²) >= 11 is 3.35. The van der Waals surface area contributed by atoms with Gasteiger partial charge in [-0.2, -0.15) is 5.26 Å². The van der Waals surface area contributed by atoms with Gasteiger partial charge in [-0.15, -0.1) is 0 Å². The largest absolute Gasteiger partial charge is 0.391 e. The number of carbonyl (C=O) groups excluding carboxylic acids is 2. The van der Waals surface area contributed by atoms with E-state index in [9.17, 15) is 20.0 Å². The second-order valence-electron chi connectivity index (χ2n) is 10.8. The number of nitriles is 1. The van der Waals surface area contributed by atoms with Gasteiger partial charge in [-0.25, -0.2) is 9.18 Å². The summed E-state index contributed by atoms with van der Waals surface area (Å²) in [5.74, 6) is -0.669. The van der Waals surface area contributed by atoms with Gasteiger partial charge >= 0.3 is 6.03 Å². The number of likely N-dealkylation sites (tertiary alicyclic amines) is 1. The molecule has 41 heavy (non-hydrogen) atoms. The monoisotopic (exact) mass is 619 g/mol. The fourth-order valence-corrected chi connectivity index (χ4v) is 5.55. The summed E-state index contributed by atoms with van der Waals surface area (Å²) in [5.41, 5.74) is 8.29. The average molecular weight is 621 g/mol. The highest BCUT2D eigenvalue weighted by Gasteiger charge is 2.40. The Labute approximate surface area is 246 Å². The predicted molar refractivity (Wildman–Crippen MR) is 157 cm³/mol. The van der Waals surface area contributed by atoms with Crippen LogP contribution in [0.4, 0.5) is 20.6 Å². The van der Waals surface area contributed by atoms with Gasteiger partial charge in [0, 0.05) is 23.1 Å². The minimum atomic E-state index is -1.01. The molecule has 1 heterocycles. The number of rotatable bonds is 8. The van der Waals surface area contributed by atoms with Crippen LogP contribution in [0.3, 0.4) is 0 Å². The van der Waals surface area contributed by atoms with Crippen LogP contribution < -0.4 is 16.4 Å². The number of halogens is 2. The molecular formula is C31H31BrFN5O3. The van der Waals surface area contributed by atoms with Crippen molar-refractivity contribution < 1.29 is 19.1 Å². The van der Waals surface area contributed by atoms with Gasteiger partial charge in [-0.3, -0.25) is 4.79 Å². The summed E-state index contributed by atoms with van der Waals surface area (Å²) < 4.78 is 15.9. The first-order valence-corrected chi connectivity index (χ1v) is 14.4. The van der Waals surface area contributed by atoms with Crippen molar-refractivity contribution >= 4 is 39.2 Å². The van der Waals surface area contributed by atoms with Gasteiger partial charge < -0.3 is 26.4 Å². The van der Waals surface area contributed by atoms with Crippen molar-refractivity contribution in [3.63, 3.8) is 0 Å². The van der Waals surface area contributed by atoms with Gasteiger partial charge in [0.05, 0.1) is 29.0 Å². The summed E-state index contributed by atoms with van der Waals surface area (Å²) in [5, 5.41) is 25.1. The zero-order valence-electron chi connectivity index (χ0n) is 22.3. The van der Waals surface area contributed by atoms with Crippen LogP contribution in [-0.2, 0) is 10.3 Å². The maximum atomic E-state index is 15.1. The fourth-order valence-electron chi connectivity index (χ4n) is 5.29. The van der Waals surface area contributed by atoms with Crippen LogP contribution in [0.2, 0.25) is 0 Å². The van der Waals surface area contributed by atoms with Crippen molar-refractivity contribution in [2.75, 3.05) is 17.2 Å². The third kappa shape index (κ3) is 6.59. The summed E-state index contributed by atoms with van der Waals surface area (Å²) in [6.45, 7) is -0.0364. The molecule has 1 aliphatic heterocycles. The van der Waals surface area contributed by atoms with Crippen LogP contribution in [0.15, 0.2) is 71.2 Å². The molecule has 8 nitrogen and oxygen atoms in total. The van der Waals surface area contributed by atoms with Crippen molar-refractivity contribution in [3.8, 4) is 6.07 Å². The molecule has 2 aliphatic rings. The molecule has 5 rings (SSSR count). The quantitative estimate of drug-likeness (QED) is 0.266. The molecule has 1 aliphatic carbocycles. The number of hydrogen-bond acceptors (Lipinski definition) is 5. The molecule has 1 saturated carbocycles. The molecule has 1 unspecified atom stereocenters. The van der Waals surface area contributed by atoms with Crippen LogP contribution in [0.5, 0.6) is 0 Å². The molecule has 0 aromatic heterocycles. The van der Waals surface area contributed by atoms with E-state index in [1.165, 1.54) is 17.0 Å². The molecule has 3 amide bonds. The molecule has 3 aromatic carbocycles. The zero-order chi connectivity index (χ0) is 29.1. The molecule has 0 bridgehead atoms. The third-order valence-electron chi connectivity index (χ3n) is 7.83. The number of aliphatic hydroxyl groups excluding tert-OH is 1. The van der Waals surface area contributed by atoms with Crippen LogP contribution >= 0.6 is 15.9 Å². The summed E-state index contributed by atoms with van der Waals surface area (Å²) in [4.78, 5) is 27.6. The molecule has 10 heteroatoms. The number of nitrogens with two attached hydrogens (primary N) is 1. The van der Waals surface area contributed by atoms with E-state index in [4.69, 9.17) is 5.73 Å². The summed E-state index contributed by atoms with van der Waals surface area (Å²) in [6.07, 6.45) is 2.89. The highest BCUT2D eigenvalue weighted by atomic mass is 79.9. The Morgan fingerprint density at radius 2 is 1.83 bits per heavy atom. The molecule has 0 spiro atoms. The molecule has 3 aromatic rings. The van der Waals surface area contributed by atoms with Crippen molar-refractivity contribution in [2.45, 2.75) is 49.8 Å². The minimum Gasteiger partial charge on any atom is -0.391 e. The topological polar surface area (TPSA) is 131 Å². The third-order valence-corrected chi connectivity index (χ3v) is 8.36. The van der Waals surface area contributed by atoms with E-state index in [1.807, 2.05) is 6.07 Å². The Kier molecular flexibility index (Phi) is 8.40. The normalized spacial score (nSPS) is 19.7. The van der Waals surface area contributed by atoms with E-state index >= 15 is 4.39 Å². The number of carbonyl (C=O) groups is 2. The highest BCUT2D eigenvalue weighted by Crippen LogP contribution is 2.40. The molecule has 3 atom stereocenters. The first-order valence-electron chi connectivity index (χ1n) is 13.6. The molecular weight excluding hydrogens is 589 g/mol. The lowest BCUT2D eigenvalue weighted by molar-refractivity contribution is -0.119. The number of nitrogens with zero attached hydrogens (tertiary/aromatic N) is 2. The Bertz CT molecular complexity index is 1490. The summed E-state index contributed by atoms with van der Waals surface area (Å²) in [7, 11) is 0. The number of hydrogen-bond donors (Lipinski definition) is 4. The van der Waals surface area contributed by atoms with E-state index in [1.54, 1.807) is 48.5 Å². The number of β-amino-alcohol motifs (C(OH)–C–C–N with tert-alkyl or cyclic N) is 1. The van der Waals surface area contributed by atoms with Gasteiger partial charge in [0.25, 0.3) is 0 Å². The lowest BCUT2D eigenvalue weighted by atomic mass is 9.79. The number of benzene rings is 3. The molecule has 2 fully saturated rings. The van der Waals surface area contributed by atoms with Crippen LogP contribution in [-0.4, -0.2) is 40.6 Å². The van der Waals surface area contributed by atoms with Crippen molar-refractivity contribution in [2.24, 2.45) is 11.7 Å². The fraction of sp³-hybridized carbons (Fsp3) is 0.323. The highest BCUT2D eigenvalue weighted by molar-refractivity contribution is 9.10. The second kappa shape index (κ2) is 12.0. The Morgan fingerprint density at radius 1 is 1.10 bits per heavy atom. The minimum absolute atomic E-state index is 0.0179. The van der Waals surface area contributed by atoms with E-state index in [-0.39, 0.29) is 18.7 Å². The van der Waals surface area contributed by atoms with E-state index in [2.05, 4.69) is 32.6 Å². The standard InChI is InChI=1S/C31H31BrFN5O3/c32-23-7-9-24(10-8-23)36-30(41)38-18-25(39)16-28(38)29(40)37-27-15-22(6-11-26(27)33)31(35,13-12-19-4-5-19)21-3-1-2-20(14-21)17-34/h1-3,6-11,14-15,19,25,28,39H,4-5,12-13,16,18,35H2,(H,36,41)(H,37,40)/t25-,28-,31?/m1/s1. The number of amides is 3. The lowest BCUT2D eigenvalue weighted by Crippen LogP contribution is -2.45. The van der Waals surface area contributed by atoms with E-state index in [0.29, 0.717) is 29.2 Å². The Morgan fingerprint density at radius 3 is 2.54 bits per heavy atom. The van der Waals surface area contributed by atoms with Crippen molar-refractivity contribution in [1.29, 1.82) is 5.26 Å². The van der Waals surface area contributed by atoms with Gasteiger partial charge in [0.1, 0.15) is 11.9 Å². The second-order valence-corrected chi connectivity index (χ2v) is 11.7. The SMILES string of the molecule is N#Cc1cccc(C(N)(CCC2CC2)c2ccc(F)c(NC(=O)[C@H]3C[C@@H](O)CN3C(=O)Nc3ccc(Br)cc3)c2)c1. The predicted octanol–water partition coefficient (Wildman–Crippen LogP) is 5.46. The van der Waals surface area contributed by atoms with Gasteiger partial charge in [0.15, 0.2) is 0 Å². The van der Waals surface area contributed by atoms with E-state index in [0.717, 1.165) is 29.3 Å². The first kappa shape index (κ1) is 28.7. The molecule has 5 N–H and O–H groups in total. The first-order chi connectivity index (χ1) is 19.7.